The molecule has 0 saturated heterocycles. The van der Waals surface area contributed by atoms with Crippen LogP contribution in [0.2, 0.25) is 10.0 Å². The SMILES string of the molecule is O=C(O)C1CCC(C(=O)NCc2ccc(Cl)cc2Cl)CC1. The van der Waals surface area contributed by atoms with E-state index in [9.17, 15) is 9.59 Å². The summed E-state index contributed by atoms with van der Waals surface area (Å²) in [7, 11) is 0. The average Bonchev–Trinajstić information content (AvgIpc) is 2.46. The monoisotopic (exact) mass is 329 g/mol. The lowest BCUT2D eigenvalue weighted by molar-refractivity contribution is -0.144. The van der Waals surface area contributed by atoms with Crippen LogP contribution in [0.5, 0.6) is 0 Å². The fraction of sp³-hybridized carbons (Fsp3) is 0.467. The van der Waals surface area contributed by atoms with Crippen molar-refractivity contribution in [3.63, 3.8) is 0 Å². The molecule has 0 aliphatic heterocycles. The molecule has 0 unspecified atom stereocenters. The summed E-state index contributed by atoms with van der Waals surface area (Å²) in [4.78, 5) is 23.0. The molecule has 1 amide bonds. The van der Waals surface area contributed by atoms with Gasteiger partial charge in [0, 0.05) is 22.5 Å². The highest BCUT2D eigenvalue weighted by Crippen LogP contribution is 2.29. The van der Waals surface area contributed by atoms with E-state index in [0.717, 1.165) is 5.56 Å². The van der Waals surface area contributed by atoms with E-state index < -0.39 is 5.97 Å². The van der Waals surface area contributed by atoms with Gasteiger partial charge in [0.05, 0.1) is 5.92 Å². The maximum Gasteiger partial charge on any atom is 0.306 e. The van der Waals surface area contributed by atoms with E-state index in [1.807, 2.05) is 0 Å². The molecule has 6 heteroatoms. The van der Waals surface area contributed by atoms with E-state index in [1.54, 1.807) is 18.2 Å². The van der Waals surface area contributed by atoms with Gasteiger partial charge in [0.2, 0.25) is 5.91 Å². The molecule has 21 heavy (non-hydrogen) atoms. The van der Waals surface area contributed by atoms with E-state index in [0.29, 0.717) is 42.3 Å². The van der Waals surface area contributed by atoms with Gasteiger partial charge in [0.1, 0.15) is 0 Å². The molecule has 2 rings (SSSR count). The Balaban J connectivity index is 1.84. The minimum absolute atomic E-state index is 0.0372. The molecule has 0 aromatic heterocycles. The smallest absolute Gasteiger partial charge is 0.306 e. The highest BCUT2D eigenvalue weighted by molar-refractivity contribution is 6.35. The molecule has 4 nitrogen and oxygen atoms in total. The van der Waals surface area contributed by atoms with Crippen LogP contribution in [-0.2, 0) is 16.1 Å². The Morgan fingerprint density at radius 2 is 1.76 bits per heavy atom. The molecule has 0 heterocycles. The summed E-state index contributed by atoms with van der Waals surface area (Å²) in [5.74, 6) is -1.21. The zero-order valence-electron chi connectivity index (χ0n) is 11.4. The molecule has 0 spiro atoms. The van der Waals surface area contributed by atoms with Gasteiger partial charge >= 0.3 is 5.97 Å². The first kappa shape index (κ1) is 16.1. The second-order valence-electron chi connectivity index (χ2n) is 5.34. The minimum atomic E-state index is -0.762. The molecule has 0 radical (unpaired) electrons. The predicted octanol–water partition coefficient (Wildman–Crippen LogP) is 3.50. The number of rotatable bonds is 4. The first-order valence-corrected chi connectivity index (χ1v) is 7.67. The van der Waals surface area contributed by atoms with E-state index in [1.165, 1.54) is 0 Å². The fourth-order valence-electron chi connectivity index (χ4n) is 2.59. The third-order valence-electron chi connectivity index (χ3n) is 3.92. The number of aliphatic carboxylic acids is 1. The van der Waals surface area contributed by atoms with Crippen LogP contribution >= 0.6 is 23.2 Å². The van der Waals surface area contributed by atoms with Gasteiger partial charge in [-0.1, -0.05) is 29.3 Å². The highest BCUT2D eigenvalue weighted by atomic mass is 35.5. The lowest BCUT2D eigenvalue weighted by atomic mass is 9.81. The number of carbonyl (C=O) groups excluding carboxylic acids is 1. The Morgan fingerprint density at radius 3 is 2.33 bits per heavy atom. The molecule has 1 saturated carbocycles. The Bertz CT molecular complexity index is 540. The highest BCUT2D eigenvalue weighted by Gasteiger charge is 2.29. The molecule has 1 aliphatic carbocycles. The summed E-state index contributed by atoms with van der Waals surface area (Å²) >= 11 is 11.9. The largest absolute Gasteiger partial charge is 0.481 e. The van der Waals surface area contributed by atoms with Crippen LogP contribution in [0, 0.1) is 11.8 Å². The average molecular weight is 330 g/mol. The van der Waals surface area contributed by atoms with Crippen molar-refractivity contribution < 1.29 is 14.7 Å². The Labute approximate surface area is 133 Å². The van der Waals surface area contributed by atoms with Crippen LogP contribution < -0.4 is 5.32 Å². The zero-order chi connectivity index (χ0) is 15.4. The Morgan fingerprint density at radius 1 is 1.14 bits per heavy atom. The van der Waals surface area contributed by atoms with Gasteiger partial charge in [-0.15, -0.1) is 0 Å². The summed E-state index contributed by atoms with van der Waals surface area (Å²) < 4.78 is 0. The Hall–Kier alpha value is -1.26. The first-order chi connectivity index (χ1) is 9.97. The number of carboxylic acid groups (broad SMARTS) is 1. The molecular formula is C15H17Cl2NO3. The topological polar surface area (TPSA) is 66.4 Å². The van der Waals surface area contributed by atoms with Crippen LogP contribution in [0.4, 0.5) is 0 Å². The molecule has 0 atom stereocenters. The molecule has 1 fully saturated rings. The van der Waals surface area contributed by atoms with Gasteiger partial charge < -0.3 is 10.4 Å². The number of carbonyl (C=O) groups is 2. The van der Waals surface area contributed by atoms with Crippen molar-refractivity contribution in [3.05, 3.63) is 33.8 Å². The van der Waals surface area contributed by atoms with E-state index in [2.05, 4.69) is 5.32 Å². The van der Waals surface area contributed by atoms with E-state index in [-0.39, 0.29) is 17.7 Å². The standard InChI is InChI=1S/C15H17Cl2NO3/c16-12-6-5-11(13(17)7-12)8-18-14(19)9-1-3-10(4-2-9)15(20)21/h5-7,9-10H,1-4,8H2,(H,18,19)(H,20,21). The van der Waals surface area contributed by atoms with Crippen molar-refractivity contribution in [2.45, 2.75) is 32.2 Å². The summed E-state index contributed by atoms with van der Waals surface area (Å²) in [6, 6.07) is 5.15. The van der Waals surface area contributed by atoms with Gasteiger partial charge in [0.25, 0.3) is 0 Å². The summed E-state index contributed by atoms with van der Waals surface area (Å²) in [6.45, 7) is 0.355. The third kappa shape index (κ3) is 4.35. The first-order valence-electron chi connectivity index (χ1n) is 6.92. The maximum atomic E-state index is 12.1. The lowest BCUT2D eigenvalue weighted by Crippen LogP contribution is -2.34. The van der Waals surface area contributed by atoms with Gasteiger partial charge in [-0.2, -0.15) is 0 Å². The number of hydrogen-bond acceptors (Lipinski definition) is 2. The molecule has 0 bridgehead atoms. The van der Waals surface area contributed by atoms with Crippen molar-refractivity contribution in [1.29, 1.82) is 0 Å². The van der Waals surface area contributed by atoms with Gasteiger partial charge in [0.15, 0.2) is 0 Å². The quantitative estimate of drug-likeness (QED) is 0.888. The maximum absolute atomic E-state index is 12.1. The normalized spacial score (nSPS) is 21.8. The van der Waals surface area contributed by atoms with Crippen LogP contribution in [0.1, 0.15) is 31.2 Å². The second kappa shape index (κ2) is 7.14. The number of hydrogen-bond donors (Lipinski definition) is 2. The molecular weight excluding hydrogens is 313 g/mol. The summed E-state index contributed by atoms with van der Waals surface area (Å²) in [5, 5.41) is 12.9. The summed E-state index contributed by atoms with van der Waals surface area (Å²) in [6.07, 6.45) is 2.37. The number of benzene rings is 1. The van der Waals surface area contributed by atoms with Crippen molar-refractivity contribution >= 4 is 35.1 Å². The van der Waals surface area contributed by atoms with Gasteiger partial charge in [-0.3, -0.25) is 9.59 Å². The number of carboxylic acids is 1. The van der Waals surface area contributed by atoms with E-state index >= 15 is 0 Å². The number of halogens is 2. The number of nitrogens with one attached hydrogen (secondary N) is 1. The zero-order valence-corrected chi connectivity index (χ0v) is 13.0. The van der Waals surface area contributed by atoms with E-state index in [4.69, 9.17) is 28.3 Å². The molecule has 1 aromatic carbocycles. The van der Waals surface area contributed by atoms with Crippen molar-refractivity contribution in [2.75, 3.05) is 0 Å². The van der Waals surface area contributed by atoms with Crippen LogP contribution in [0.25, 0.3) is 0 Å². The summed E-state index contributed by atoms with van der Waals surface area (Å²) in [5.41, 5.74) is 0.814. The molecule has 1 aromatic rings. The lowest BCUT2D eigenvalue weighted by Gasteiger charge is -2.25. The van der Waals surface area contributed by atoms with Crippen molar-refractivity contribution in [1.82, 2.24) is 5.32 Å². The predicted molar refractivity (Wildman–Crippen MR) is 81.4 cm³/mol. The van der Waals surface area contributed by atoms with Crippen LogP contribution in [0.3, 0.4) is 0 Å². The molecule has 114 valence electrons. The fourth-order valence-corrected chi connectivity index (χ4v) is 3.07. The Kier molecular flexibility index (Phi) is 5.48. The third-order valence-corrected chi connectivity index (χ3v) is 4.50. The second-order valence-corrected chi connectivity index (χ2v) is 6.18. The van der Waals surface area contributed by atoms with Crippen molar-refractivity contribution in [2.24, 2.45) is 11.8 Å². The number of amides is 1. The minimum Gasteiger partial charge on any atom is -0.481 e. The van der Waals surface area contributed by atoms with Crippen LogP contribution in [-0.4, -0.2) is 17.0 Å². The molecule has 1 aliphatic rings. The van der Waals surface area contributed by atoms with Gasteiger partial charge in [-0.05, 0) is 43.4 Å². The molecule has 2 N–H and O–H groups in total. The van der Waals surface area contributed by atoms with Crippen molar-refractivity contribution in [3.8, 4) is 0 Å². The van der Waals surface area contributed by atoms with Crippen LogP contribution in [0.15, 0.2) is 18.2 Å². The van der Waals surface area contributed by atoms with Gasteiger partial charge in [-0.25, -0.2) is 0 Å².